The molecule has 0 aliphatic carbocycles. The van der Waals surface area contributed by atoms with E-state index in [4.69, 9.17) is 24.1 Å². The summed E-state index contributed by atoms with van der Waals surface area (Å²) in [5.74, 6) is -2.39. The lowest BCUT2D eigenvalue weighted by Crippen LogP contribution is -2.42. The van der Waals surface area contributed by atoms with Crippen LogP contribution in [0.4, 0.5) is 0 Å². The van der Waals surface area contributed by atoms with Gasteiger partial charge in [-0.3, -0.25) is 4.79 Å². The summed E-state index contributed by atoms with van der Waals surface area (Å²) in [7, 11) is 1.50. The number of methoxy groups -OCH3 is 1. The van der Waals surface area contributed by atoms with E-state index in [9.17, 15) is 4.79 Å². The maximum absolute atomic E-state index is 11.0. The van der Waals surface area contributed by atoms with Gasteiger partial charge in [-0.2, -0.15) is 0 Å². The van der Waals surface area contributed by atoms with Crippen molar-refractivity contribution >= 4 is 5.97 Å². The van der Waals surface area contributed by atoms with Gasteiger partial charge in [-0.05, 0) is 26.1 Å². The molecule has 6 atom stereocenters. The molecular formula is C16H29NO6. The lowest BCUT2D eigenvalue weighted by Gasteiger charge is -2.23. The third-order valence-corrected chi connectivity index (χ3v) is 4.96. The molecule has 0 aromatic heterocycles. The van der Waals surface area contributed by atoms with E-state index < -0.39 is 24.0 Å². The molecule has 3 fully saturated rings. The first kappa shape index (κ1) is 18.6. The van der Waals surface area contributed by atoms with Crippen molar-refractivity contribution in [3.8, 4) is 0 Å². The Balaban J connectivity index is 0.000000236. The summed E-state index contributed by atoms with van der Waals surface area (Å²) in [6.45, 7) is 11.8. The van der Waals surface area contributed by atoms with Gasteiger partial charge in [-0.25, -0.2) is 0 Å². The Labute approximate surface area is 137 Å². The molecule has 23 heavy (non-hydrogen) atoms. The van der Waals surface area contributed by atoms with Crippen molar-refractivity contribution in [1.82, 2.24) is 4.90 Å². The van der Waals surface area contributed by atoms with E-state index in [-0.39, 0.29) is 18.3 Å². The zero-order valence-electron chi connectivity index (χ0n) is 14.7. The number of hydrogen-bond acceptors (Lipinski definition) is 6. The molecule has 0 aromatic rings. The van der Waals surface area contributed by atoms with Gasteiger partial charge in [0.25, 0.3) is 5.97 Å². The fraction of sp³-hybridized carbons (Fsp3) is 0.938. The molecule has 0 amide bonds. The minimum absolute atomic E-state index is 0.187. The summed E-state index contributed by atoms with van der Waals surface area (Å²) >= 11 is 0. The number of ether oxygens (including phenoxy) is 4. The first-order chi connectivity index (χ1) is 10.9. The van der Waals surface area contributed by atoms with Crippen LogP contribution in [0.25, 0.3) is 0 Å². The van der Waals surface area contributed by atoms with Gasteiger partial charge >= 0.3 is 5.97 Å². The van der Waals surface area contributed by atoms with Crippen molar-refractivity contribution < 1.29 is 28.8 Å². The Hall–Kier alpha value is -0.730. The van der Waals surface area contributed by atoms with Crippen LogP contribution in [0.1, 0.15) is 34.1 Å². The molecule has 4 unspecified atom stereocenters. The van der Waals surface area contributed by atoms with Crippen LogP contribution < -0.4 is 0 Å². The van der Waals surface area contributed by atoms with Crippen molar-refractivity contribution in [2.24, 2.45) is 5.92 Å². The summed E-state index contributed by atoms with van der Waals surface area (Å²) < 4.78 is 21.9. The van der Waals surface area contributed by atoms with Gasteiger partial charge in [-0.15, -0.1) is 0 Å². The first-order valence-corrected chi connectivity index (χ1v) is 8.40. The Morgan fingerprint density at radius 2 is 1.74 bits per heavy atom. The van der Waals surface area contributed by atoms with Gasteiger partial charge in [0.2, 0.25) is 0 Å². The van der Waals surface area contributed by atoms with Crippen LogP contribution in [0.15, 0.2) is 0 Å². The van der Waals surface area contributed by atoms with E-state index in [1.54, 1.807) is 6.92 Å². The minimum atomic E-state index is -1.07. The largest absolute Gasteiger partial charge is 0.481 e. The van der Waals surface area contributed by atoms with Crippen LogP contribution in [-0.2, 0) is 23.7 Å². The van der Waals surface area contributed by atoms with Gasteiger partial charge in [0, 0.05) is 14.0 Å². The molecule has 0 saturated carbocycles. The van der Waals surface area contributed by atoms with Crippen LogP contribution in [0.5, 0.6) is 0 Å². The third-order valence-electron chi connectivity index (χ3n) is 4.96. The first-order valence-electron chi connectivity index (χ1n) is 8.40. The molecular weight excluding hydrogens is 302 g/mol. The number of nitrogens with zero attached hydrogens (tertiary/aromatic N) is 1. The Morgan fingerprint density at radius 1 is 1.17 bits per heavy atom. The highest BCUT2D eigenvalue weighted by atomic mass is 16.9. The van der Waals surface area contributed by atoms with E-state index in [0.717, 1.165) is 0 Å². The van der Waals surface area contributed by atoms with Crippen molar-refractivity contribution in [3.05, 3.63) is 0 Å². The lowest BCUT2D eigenvalue weighted by atomic mass is 9.85. The average Bonchev–Trinajstić information content (AvgIpc) is 3.19. The zero-order valence-corrected chi connectivity index (χ0v) is 14.7. The molecule has 3 heterocycles. The number of carboxylic acid groups (broad SMARTS) is 1. The van der Waals surface area contributed by atoms with Crippen LogP contribution in [0.2, 0.25) is 0 Å². The topological polar surface area (TPSA) is 77.5 Å². The van der Waals surface area contributed by atoms with Gasteiger partial charge in [-0.1, -0.05) is 20.8 Å². The standard InChI is InChI=1S/C10H14O6.C6H15N/c1-10(13-2)15-7-5-3-4(9(11)12)6(14-5)8(7)16-10;1-4-7(5-2)6-3/h4-8H,3H2,1-2H3,(H,11,12);4-6H2,1-3H3/t4?,5?,6-,7?,8+,10?;/m0./s1. The Kier molecular flexibility index (Phi) is 6.02. The van der Waals surface area contributed by atoms with E-state index >= 15 is 0 Å². The second kappa shape index (κ2) is 7.44. The van der Waals surface area contributed by atoms with E-state index in [1.165, 1.54) is 26.7 Å². The summed E-state index contributed by atoms with van der Waals surface area (Å²) in [5, 5.41) is 9.03. The Bertz CT molecular complexity index is 410. The Morgan fingerprint density at radius 3 is 2.17 bits per heavy atom. The smallest absolute Gasteiger partial charge is 0.309 e. The van der Waals surface area contributed by atoms with Gasteiger partial charge < -0.3 is 29.0 Å². The minimum Gasteiger partial charge on any atom is -0.481 e. The number of carboxylic acids is 1. The monoisotopic (exact) mass is 331 g/mol. The van der Waals surface area contributed by atoms with Crippen LogP contribution >= 0.6 is 0 Å². The predicted molar refractivity (Wildman–Crippen MR) is 83.0 cm³/mol. The zero-order chi connectivity index (χ0) is 17.2. The number of hydrogen-bond donors (Lipinski definition) is 1. The number of aliphatic carboxylic acids is 1. The SMILES string of the molecule is CCN(CC)CC.COC1(C)OC2C3CC(C(=O)O)[C@H](O3)[C@H]2O1. The maximum Gasteiger partial charge on any atom is 0.309 e. The highest BCUT2D eigenvalue weighted by molar-refractivity contribution is 5.71. The van der Waals surface area contributed by atoms with Crippen molar-refractivity contribution in [2.45, 2.75) is 64.5 Å². The molecule has 3 saturated heterocycles. The third kappa shape index (κ3) is 3.69. The summed E-state index contributed by atoms with van der Waals surface area (Å²) in [6, 6.07) is 0. The van der Waals surface area contributed by atoms with Crippen molar-refractivity contribution in [1.29, 1.82) is 0 Å². The average molecular weight is 331 g/mol. The second-order valence-corrected chi connectivity index (χ2v) is 6.17. The molecule has 1 N–H and O–H groups in total. The van der Waals surface area contributed by atoms with Crippen LogP contribution in [-0.4, -0.2) is 73.1 Å². The normalized spacial score (nSPS) is 40.9. The molecule has 0 radical (unpaired) electrons. The van der Waals surface area contributed by atoms with Gasteiger partial charge in [0.05, 0.1) is 12.0 Å². The van der Waals surface area contributed by atoms with Gasteiger partial charge in [0.1, 0.15) is 18.3 Å². The van der Waals surface area contributed by atoms with E-state index in [0.29, 0.717) is 6.42 Å². The number of carbonyl (C=O) groups is 1. The van der Waals surface area contributed by atoms with Crippen LogP contribution in [0.3, 0.4) is 0 Å². The molecule has 3 aliphatic heterocycles. The summed E-state index contributed by atoms with van der Waals surface area (Å²) in [4.78, 5) is 13.4. The molecule has 7 heteroatoms. The second-order valence-electron chi connectivity index (χ2n) is 6.17. The van der Waals surface area contributed by atoms with Crippen LogP contribution in [0, 0.1) is 5.92 Å². The molecule has 7 nitrogen and oxygen atoms in total. The van der Waals surface area contributed by atoms with Crippen molar-refractivity contribution in [3.63, 3.8) is 0 Å². The number of fused-ring (bicyclic) bond motifs is 5. The number of rotatable bonds is 5. The molecule has 134 valence electrons. The molecule has 3 aliphatic rings. The lowest BCUT2D eigenvalue weighted by molar-refractivity contribution is -0.329. The molecule has 2 bridgehead atoms. The highest BCUT2D eigenvalue weighted by Crippen LogP contribution is 2.48. The predicted octanol–water partition coefficient (Wildman–Crippen LogP) is 1.31. The quantitative estimate of drug-likeness (QED) is 0.814. The molecule has 3 rings (SSSR count). The summed E-state index contributed by atoms with van der Waals surface area (Å²) in [5.41, 5.74) is 0. The maximum atomic E-state index is 11.0. The fourth-order valence-corrected chi connectivity index (χ4v) is 3.46. The fourth-order valence-electron chi connectivity index (χ4n) is 3.46. The molecule has 0 aromatic carbocycles. The molecule has 0 spiro atoms. The van der Waals surface area contributed by atoms with E-state index in [2.05, 4.69) is 25.7 Å². The van der Waals surface area contributed by atoms with E-state index in [1.807, 2.05) is 0 Å². The van der Waals surface area contributed by atoms with Gasteiger partial charge in [0.15, 0.2) is 0 Å². The highest BCUT2D eigenvalue weighted by Gasteiger charge is 2.64. The van der Waals surface area contributed by atoms with Crippen molar-refractivity contribution in [2.75, 3.05) is 26.7 Å². The summed E-state index contributed by atoms with van der Waals surface area (Å²) in [6.07, 6.45) is -0.641.